The fourth-order valence-corrected chi connectivity index (χ4v) is 3.28. The third kappa shape index (κ3) is 1.60. The van der Waals surface area contributed by atoms with Crippen LogP contribution in [-0.2, 0) is 6.42 Å². The summed E-state index contributed by atoms with van der Waals surface area (Å²) in [6.07, 6.45) is -4.53. The molecule has 0 saturated heterocycles. The molecular formula is C9H7BrF3NOS. The zero-order valence-corrected chi connectivity index (χ0v) is 10.6. The Morgan fingerprint density at radius 1 is 1.50 bits per heavy atom. The first-order valence-corrected chi connectivity index (χ1v) is 6.13. The van der Waals surface area contributed by atoms with Crippen LogP contribution in [-0.4, -0.2) is 16.9 Å². The first-order valence-electron chi connectivity index (χ1n) is 4.52. The molecule has 0 radical (unpaired) electrons. The number of carbonyl (C=O) groups is 1. The van der Waals surface area contributed by atoms with Crippen molar-refractivity contribution < 1.29 is 18.0 Å². The lowest BCUT2D eigenvalue weighted by Gasteiger charge is -2.32. The van der Waals surface area contributed by atoms with Crippen molar-refractivity contribution in [2.45, 2.75) is 25.9 Å². The van der Waals surface area contributed by atoms with Crippen molar-refractivity contribution in [1.29, 1.82) is 0 Å². The fourth-order valence-electron chi connectivity index (χ4n) is 1.67. The summed E-state index contributed by atoms with van der Waals surface area (Å²) in [5.41, 5.74) is -1.78. The van der Waals surface area contributed by atoms with E-state index in [-0.39, 0.29) is 17.7 Å². The summed E-state index contributed by atoms with van der Waals surface area (Å²) in [6, 6.07) is 0. The Bertz CT molecular complexity index is 456. The molecule has 0 N–H and O–H groups in total. The summed E-state index contributed by atoms with van der Waals surface area (Å²) in [5, 5.41) is 0. The largest absolute Gasteiger partial charge is 0.401 e. The van der Waals surface area contributed by atoms with Crippen molar-refractivity contribution in [2.75, 3.05) is 0 Å². The normalized spacial score (nSPS) is 25.7. The quantitative estimate of drug-likeness (QED) is 0.732. The minimum absolute atomic E-state index is 0.137. The summed E-state index contributed by atoms with van der Waals surface area (Å²) < 4.78 is 38.9. The monoisotopic (exact) mass is 313 g/mol. The van der Waals surface area contributed by atoms with Gasteiger partial charge in [0.25, 0.3) is 0 Å². The van der Waals surface area contributed by atoms with Crippen LogP contribution in [0.15, 0.2) is 3.92 Å². The molecule has 2 nitrogen and oxygen atoms in total. The van der Waals surface area contributed by atoms with Gasteiger partial charge in [0.1, 0.15) is 5.41 Å². The molecule has 0 aliphatic heterocycles. The maximum atomic E-state index is 12.8. The Labute approximate surface area is 102 Å². The van der Waals surface area contributed by atoms with Crippen LogP contribution in [0.25, 0.3) is 0 Å². The van der Waals surface area contributed by atoms with Gasteiger partial charge in [-0.1, -0.05) is 0 Å². The number of thiazole rings is 1. The highest BCUT2D eigenvalue weighted by Gasteiger charge is 2.58. The smallest absolute Gasteiger partial charge is 0.292 e. The molecule has 1 aliphatic carbocycles. The van der Waals surface area contributed by atoms with Crippen LogP contribution in [0.5, 0.6) is 0 Å². The van der Waals surface area contributed by atoms with E-state index in [1.165, 1.54) is 0 Å². The number of aryl methyl sites for hydroxylation is 1. The molecule has 1 aromatic rings. The molecular weight excluding hydrogens is 307 g/mol. The molecule has 0 saturated carbocycles. The van der Waals surface area contributed by atoms with Gasteiger partial charge in [-0.2, -0.15) is 13.2 Å². The molecule has 0 aromatic carbocycles. The second-order valence-corrected chi connectivity index (χ2v) is 6.18. The molecule has 1 atom stereocenters. The van der Waals surface area contributed by atoms with Gasteiger partial charge in [-0.15, -0.1) is 11.3 Å². The predicted octanol–water partition coefficient (Wildman–Crippen LogP) is 3.60. The van der Waals surface area contributed by atoms with Gasteiger partial charge in [0.05, 0.1) is 10.6 Å². The first kappa shape index (κ1) is 12.0. The number of nitrogens with zero attached hydrogens (tertiary/aromatic N) is 1. The van der Waals surface area contributed by atoms with E-state index < -0.39 is 17.4 Å². The molecule has 0 fully saturated rings. The number of fused-ring (bicyclic) bond motifs is 1. The Hall–Kier alpha value is -0.430. The first-order chi connectivity index (χ1) is 7.25. The second-order valence-electron chi connectivity index (χ2n) is 3.90. The summed E-state index contributed by atoms with van der Waals surface area (Å²) in [7, 11) is 0. The number of ketones is 1. The predicted molar refractivity (Wildman–Crippen MR) is 56.6 cm³/mol. The van der Waals surface area contributed by atoms with E-state index >= 15 is 0 Å². The van der Waals surface area contributed by atoms with Gasteiger partial charge in [0.2, 0.25) is 0 Å². The molecule has 7 heteroatoms. The van der Waals surface area contributed by atoms with Crippen molar-refractivity contribution in [3.8, 4) is 0 Å². The Morgan fingerprint density at radius 3 is 2.69 bits per heavy atom. The SMILES string of the molecule is C[C@@]1(C(F)(F)F)CCc2nc(Br)sc2C1=O. The number of rotatable bonds is 0. The van der Waals surface area contributed by atoms with Crippen molar-refractivity contribution >= 4 is 33.0 Å². The van der Waals surface area contributed by atoms with Gasteiger partial charge in [-0.05, 0) is 35.7 Å². The standard InChI is InChI=1S/C9H7BrF3NOS/c1-8(9(11,12)13)3-2-4-5(6(8)15)16-7(10)14-4/h2-3H2,1H3/t8-/m1/s1. The van der Waals surface area contributed by atoms with E-state index in [0.717, 1.165) is 18.3 Å². The number of aromatic nitrogens is 1. The number of carbonyl (C=O) groups excluding carboxylic acids is 1. The molecule has 2 rings (SSSR count). The van der Waals surface area contributed by atoms with Gasteiger partial charge in [-0.3, -0.25) is 4.79 Å². The molecule has 88 valence electrons. The van der Waals surface area contributed by atoms with Gasteiger partial charge < -0.3 is 0 Å². The summed E-state index contributed by atoms with van der Waals surface area (Å²) >= 11 is 4.05. The summed E-state index contributed by atoms with van der Waals surface area (Å²) in [6.45, 7) is 0.964. The zero-order valence-electron chi connectivity index (χ0n) is 8.19. The number of Topliss-reactive ketones (excluding diaryl/α,β-unsaturated/α-hetero) is 1. The lowest BCUT2D eigenvalue weighted by Crippen LogP contribution is -2.45. The van der Waals surface area contributed by atoms with E-state index in [2.05, 4.69) is 20.9 Å². The van der Waals surface area contributed by atoms with Crippen LogP contribution < -0.4 is 0 Å². The highest BCUT2D eigenvalue weighted by Crippen LogP contribution is 2.48. The average molecular weight is 314 g/mol. The van der Waals surface area contributed by atoms with Gasteiger partial charge >= 0.3 is 6.18 Å². The molecule has 1 aromatic heterocycles. The third-order valence-corrected chi connectivity index (χ3v) is 4.41. The summed E-state index contributed by atoms with van der Waals surface area (Å²) in [5.74, 6) is -0.857. The van der Waals surface area contributed by atoms with Crippen molar-refractivity contribution in [1.82, 2.24) is 4.98 Å². The average Bonchev–Trinajstić information content (AvgIpc) is 2.52. The van der Waals surface area contributed by atoms with Crippen LogP contribution in [0.3, 0.4) is 0 Å². The molecule has 0 amide bonds. The zero-order chi connectivity index (χ0) is 12.1. The minimum atomic E-state index is -4.50. The number of alkyl halides is 3. The minimum Gasteiger partial charge on any atom is -0.292 e. The van der Waals surface area contributed by atoms with Crippen LogP contribution in [0, 0.1) is 5.41 Å². The molecule has 0 spiro atoms. The molecule has 16 heavy (non-hydrogen) atoms. The van der Waals surface area contributed by atoms with E-state index in [1.807, 2.05) is 0 Å². The Morgan fingerprint density at radius 2 is 2.12 bits per heavy atom. The number of hydrogen-bond donors (Lipinski definition) is 0. The van der Waals surface area contributed by atoms with Gasteiger partial charge in [0.15, 0.2) is 9.70 Å². The number of halogens is 4. The van der Waals surface area contributed by atoms with Crippen molar-refractivity contribution in [3.05, 3.63) is 14.5 Å². The van der Waals surface area contributed by atoms with Crippen LogP contribution in [0.1, 0.15) is 28.7 Å². The highest BCUT2D eigenvalue weighted by atomic mass is 79.9. The van der Waals surface area contributed by atoms with Gasteiger partial charge in [0, 0.05) is 0 Å². The van der Waals surface area contributed by atoms with E-state index in [4.69, 9.17) is 0 Å². The second kappa shape index (κ2) is 3.53. The Kier molecular flexibility index (Phi) is 2.66. The lowest BCUT2D eigenvalue weighted by atomic mass is 9.75. The lowest BCUT2D eigenvalue weighted by molar-refractivity contribution is -0.200. The van der Waals surface area contributed by atoms with Crippen LogP contribution >= 0.6 is 27.3 Å². The van der Waals surface area contributed by atoms with Crippen molar-refractivity contribution in [3.63, 3.8) is 0 Å². The Balaban J connectivity index is 2.49. The van der Waals surface area contributed by atoms with Crippen LogP contribution in [0.4, 0.5) is 13.2 Å². The fraction of sp³-hybridized carbons (Fsp3) is 0.556. The van der Waals surface area contributed by atoms with E-state index in [9.17, 15) is 18.0 Å². The maximum Gasteiger partial charge on any atom is 0.401 e. The topological polar surface area (TPSA) is 30.0 Å². The molecule has 1 aliphatic rings. The van der Waals surface area contributed by atoms with Crippen molar-refractivity contribution in [2.24, 2.45) is 5.41 Å². The highest BCUT2D eigenvalue weighted by molar-refractivity contribution is 9.11. The molecule has 1 heterocycles. The number of hydrogen-bond acceptors (Lipinski definition) is 3. The molecule has 0 bridgehead atoms. The summed E-state index contributed by atoms with van der Waals surface area (Å²) in [4.78, 5) is 16.0. The van der Waals surface area contributed by atoms with E-state index in [1.54, 1.807) is 0 Å². The third-order valence-electron chi connectivity index (χ3n) is 2.87. The molecule has 0 unspecified atom stereocenters. The van der Waals surface area contributed by atoms with E-state index in [0.29, 0.717) is 9.61 Å². The maximum absolute atomic E-state index is 12.8. The van der Waals surface area contributed by atoms with Crippen LogP contribution in [0.2, 0.25) is 0 Å². The van der Waals surface area contributed by atoms with Gasteiger partial charge in [-0.25, -0.2) is 4.98 Å².